The number of carbonyl (C=O) groups excluding carboxylic acids is 1. The van der Waals surface area contributed by atoms with Crippen LogP contribution in [0.5, 0.6) is 0 Å². The second kappa shape index (κ2) is 8.50. The predicted octanol–water partition coefficient (Wildman–Crippen LogP) is 5.23. The van der Waals surface area contributed by atoms with Crippen LogP contribution in [0.25, 0.3) is 11.1 Å². The van der Waals surface area contributed by atoms with Crippen molar-refractivity contribution in [3.63, 3.8) is 0 Å². The van der Waals surface area contributed by atoms with Gasteiger partial charge in [0.25, 0.3) is 0 Å². The highest BCUT2D eigenvalue weighted by atomic mass is 16.5. The molecule has 2 N–H and O–H groups in total. The lowest BCUT2D eigenvalue weighted by atomic mass is 9.90. The van der Waals surface area contributed by atoms with E-state index in [-0.39, 0.29) is 18.9 Å². The third-order valence-corrected chi connectivity index (χ3v) is 6.24. The average molecular weight is 430 g/mol. The molecule has 0 heterocycles. The highest BCUT2D eigenvalue weighted by molar-refractivity contribution is 5.84. The number of benzene rings is 3. The van der Waals surface area contributed by atoms with Crippen LogP contribution in [0.15, 0.2) is 66.7 Å². The summed E-state index contributed by atoms with van der Waals surface area (Å²) >= 11 is 0. The highest BCUT2D eigenvalue weighted by Gasteiger charge is 2.37. The van der Waals surface area contributed by atoms with E-state index >= 15 is 0 Å². The van der Waals surface area contributed by atoms with E-state index in [2.05, 4.69) is 17.4 Å². The van der Waals surface area contributed by atoms with Crippen molar-refractivity contribution >= 4 is 12.1 Å². The molecular formula is C27H27NO4. The van der Waals surface area contributed by atoms with Crippen LogP contribution in [-0.4, -0.2) is 29.3 Å². The number of hydrogen-bond donors (Lipinski definition) is 2. The van der Waals surface area contributed by atoms with Crippen molar-refractivity contribution < 1.29 is 19.4 Å². The Labute approximate surface area is 188 Å². The first-order valence-electron chi connectivity index (χ1n) is 10.7. The molecule has 164 valence electrons. The van der Waals surface area contributed by atoms with Gasteiger partial charge in [0.1, 0.15) is 12.1 Å². The standard InChI is InChI=1S/C27H27NO4/c1-17-12-13-19(18(2)14-17)15-27(3,25(29)30)28-26(31)32-16-24-22-10-6-4-8-20(22)21-9-5-7-11-23(21)24/h4-14,24H,15-16H2,1-3H3,(H,28,31)(H,29,30). The van der Waals surface area contributed by atoms with E-state index in [1.807, 2.05) is 68.4 Å². The number of carboxylic acids is 1. The summed E-state index contributed by atoms with van der Waals surface area (Å²) in [6.07, 6.45) is -0.569. The molecule has 0 spiro atoms. The lowest BCUT2D eigenvalue weighted by Crippen LogP contribution is -2.54. The Hall–Kier alpha value is -3.60. The van der Waals surface area contributed by atoms with Gasteiger partial charge in [-0.15, -0.1) is 0 Å². The maximum absolute atomic E-state index is 12.7. The van der Waals surface area contributed by atoms with Crippen LogP contribution in [0, 0.1) is 13.8 Å². The van der Waals surface area contributed by atoms with Gasteiger partial charge in [-0.2, -0.15) is 0 Å². The molecule has 1 atom stereocenters. The molecule has 0 saturated heterocycles. The zero-order chi connectivity index (χ0) is 22.9. The number of fused-ring (bicyclic) bond motifs is 3. The highest BCUT2D eigenvalue weighted by Crippen LogP contribution is 2.44. The maximum atomic E-state index is 12.7. The van der Waals surface area contributed by atoms with Crippen molar-refractivity contribution in [1.82, 2.24) is 5.32 Å². The molecule has 1 aliphatic carbocycles. The van der Waals surface area contributed by atoms with E-state index in [0.29, 0.717) is 0 Å². The number of nitrogens with one attached hydrogen (secondary N) is 1. The number of aliphatic carboxylic acids is 1. The van der Waals surface area contributed by atoms with Crippen molar-refractivity contribution in [1.29, 1.82) is 0 Å². The second-order valence-electron chi connectivity index (χ2n) is 8.69. The van der Waals surface area contributed by atoms with Crippen molar-refractivity contribution in [3.8, 4) is 11.1 Å². The summed E-state index contributed by atoms with van der Waals surface area (Å²) < 4.78 is 5.56. The molecule has 3 aromatic rings. The molecule has 3 aromatic carbocycles. The Morgan fingerprint density at radius 2 is 1.56 bits per heavy atom. The largest absolute Gasteiger partial charge is 0.480 e. The number of amides is 1. The summed E-state index contributed by atoms with van der Waals surface area (Å²) in [6.45, 7) is 5.58. The smallest absolute Gasteiger partial charge is 0.408 e. The minimum absolute atomic E-state index is 0.0800. The number of ether oxygens (including phenoxy) is 1. The van der Waals surface area contributed by atoms with Crippen LogP contribution < -0.4 is 5.32 Å². The summed E-state index contributed by atoms with van der Waals surface area (Å²) in [5.74, 6) is -1.19. The third-order valence-electron chi connectivity index (χ3n) is 6.24. The average Bonchev–Trinajstić information content (AvgIpc) is 3.08. The first kappa shape index (κ1) is 21.6. The molecule has 5 heteroatoms. The van der Waals surface area contributed by atoms with Crippen molar-refractivity contribution in [2.75, 3.05) is 6.61 Å². The van der Waals surface area contributed by atoms with Crippen LogP contribution in [-0.2, 0) is 16.0 Å². The van der Waals surface area contributed by atoms with Crippen molar-refractivity contribution in [3.05, 3.63) is 94.5 Å². The SMILES string of the molecule is Cc1ccc(CC(C)(NC(=O)OCC2c3ccccc3-c3ccccc32)C(=O)O)c(C)c1. The Morgan fingerprint density at radius 3 is 2.12 bits per heavy atom. The third kappa shape index (κ3) is 4.11. The van der Waals surface area contributed by atoms with E-state index in [1.54, 1.807) is 0 Å². The first-order chi connectivity index (χ1) is 15.3. The van der Waals surface area contributed by atoms with Gasteiger partial charge < -0.3 is 15.2 Å². The molecular weight excluding hydrogens is 402 g/mol. The Kier molecular flexibility index (Phi) is 5.74. The van der Waals surface area contributed by atoms with Gasteiger partial charge in [-0.25, -0.2) is 9.59 Å². The lowest BCUT2D eigenvalue weighted by Gasteiger charge is -2.27. The van der Waals surface area contributed by atoms with Gasteiger partial charge in [0.05, 0.1) is 0 Å². The predicted molar refractivity (Wildman–Crippen MR) is 124 cm³/mol. The minimum Gasteiger partial charge on any atom is -0.480 e. The molecule has 0 saturated carbocycles. The first-order valence-corrected chi connectivity index (χ1v) is 10.7. The Bertz CT molecular complexity index is 1140. The van der Waals surface area contributed by atoms with E-state index in [9.17, 15) is 14.7 Å². The van der Waals surface area contributed by atoms with Crippen LogP contribution in [0.1, 0.15) is 40.7 Å². The normalized spacial score (nSPS) is 14.2. The van der Waals surface area contributed by atoms with Crippen LogP contribution >= 0.6 is 0 Å². The van der Waals surface area contributed by atoms with Crippen molar-refractivity contribution in [2.24, 2.45) is 0 Å². The summed E-state index contributed by atoms with van der Waals surface area (Å²) in [5, 5.41) is 12.5. The van der Waals surface area contributed by atoms with E-state index < -0.39 is 17.6 Å². The summed E-state index contributed by atoms with van der Waals surface area (Å²) in [6, 6.07) is 22.0. The Morgan fingerprint density at radius 1 is 0.969 bits per heavy atom. The quantitative estimate of drug-likeness (QED) is 0.563. The molecule has 0 fully saturated rings. The van der Waals surface area contributed by atoms with Crippen molar-refractivity contribution in [2.45, 2.75) is 38.6 Å². The topological polar surface area (TPSA) is 75.6 Å². The van der Waals surface area contributed by atoms with Gasteiger partial charge in [0, 0.05) is 12.3 Å². The maximum Gasteiger partial charge on any atom is 0.408 e. The second-order valence-corrected chi connectivity index (χ2v) is 8.69. The number of alkyl carbamates (subject to hydrolysis) is 1. The number of hydrogen-bond acceptors (Lipinski definition) is 3. The molecule has 0 radical (unpaired) electrons. The molecule has 1 aliphatic rings. The fraction of sp³-hybridized carbons (Fsp3) is 0.259. The van der Waals surface area contributed by atoms with Gasteiger partial charge in [0.2, 0.25) is 0 Å². The molecule has 32 heavy (non-hydrogen) atoms. The van der Waals surface area contributed by atoms with Crippen LogP contribution in [0.4, 0.5) is 4.79 Å². The lowest BCUT2D eigenvalue weighted by molar-refractivity contribution is -0.143. The molecule has 1 amide bonds. The van der Waals surface area contributed by atoms with Gasteiger partial charge in [-0.1, -0.05) is 72.3 Å². The Balaban J connectivity index is 1.48. The molecule has 1 unspecified atom stereocenters. The van der Waals surface area contributed by atoms with Gasteiger partial charge in [-0.05, 0) is 54.2 Å². The molecule has 0 aromatic heterocycles. The molecule has 4 rings (SSSR count). The van der Waals surface area contributed by atoms with E-state index in [4.69, 9.17) is 4.74 Å². The molecule has 0 aliphatic heterocycles. The number of rotatable bonds is 6. The summed E-state index contributed by atoms with van der Waals surface area (Å²) in [5.41, 5.74) is 5.99. The zero-order valence-electron chi connectivity index (χ0n) is 18.5. The van der Waals surface area contributed by atoms with Gasteiger partial charge >= 0.3 is 12.1 Å². The van der Waals surface area contributed by atoms with E-state index in [1.165, 1.54) is 6.92 Å². The van der Waals surface area contributed by atoms with Crippen LogP contribution in [0.2, 0.25) is 0 Å². The summed E-state index contributed by atoms with van der Waals surface area (Å²) in [7, 11) is 0. The fourth-order valence-electron chi connectivity index (χ4n) is 4.46. The van der Waals surface area contributed by atoms with E-state index in [0.717, 1.165) is 38.9 Å². The minimum atomic E-state index is -1.48. The van der Waals surface area contributed by atoms with Gasteiger partial charge in [0.15, 0.2) is 0 Å². The number of aryl methyl sites for hydroxylation is 2. The number of carbonyl (C=O) groups is 2. The molecule has 5 nitrogen and oxygen atoms in total. The zero-order valence-corrected chi connectivity index (χ0v) is 18.5. The van der Waals surface area contributed by atoms with Gasteiger partial charge in [-0.3, -0.25) is 0 Å². The monoisotopic (exact) mass is 429 g/mol. The fourth-order valence-corrected chi connectivity index (χ4v) is 4.46. The molecule has 0 bridgehead atoms. The van der Waals surface area contributed by atoms with Crippen LogP contribution in [0.3, 0.4) is 0 Å². The summed E-state index contributed by atoms with van der Waals surface area (Å²) in [4.78, 5) is 24.7. The number of carboxylic acid groups (broad SMARTS) is 1.